The van der Waals surface area contributed by atoms with E-state index in [4.69, 9.17) is 5.73 Å². The Hall–Kier alpha value is -0.870. The fraction of sp³-hybridized carbons (Fsp3) is 0.417. The van der Waals surface area contributed by atoms with E-state index < -0.39 is 0 Å². The standard InChI is InChI=1S/C12H15BrN2O/c1-7-2-3-11(13)10(4-7)12(16)15-9-5-8(14)6-9/h2-4,8-9H,5-6,14H2,1H3,(H,15,16). The van der Waals surface area contributed by atoms with Gasteiger partial charge in [-0.1, -0.05) is 11.6 Å². The Morgan fingerprint density at radius 2 is 2.19 bits per heavy atom. The first kappa shape index (κ1) is 11.6. The van der Waals surface area contributed by atoms with Gasteiger partial charge in [0.25, 0.3) is 5.91 Å². The summed E-state index contributed by atoms with van der Waals surface area (Å²) < 4.78 is 0.833. The largest absolute Gasteiger partial charge is 0.349 e. The molecule has 1 saturated carbocycles. The van der Waals surface area contributed by atoms with Crippen molar-refractivity contribution in [3.05, 3.63) is 33.8 Å². The number of amides is 1. The van der Waals surface area contributed by atoms with Crippen LogP contribution in [-0.4, -0.2) is 18.0 Å². The zero-order valence-corrected chi connectivity index (χ0v) is 10.8. The maximum atomic E-state index is 11.9. The molecule has 3 nitrogen and oxygen atoms in total. The van der Waals surface area contributed by atoms with Gasteiger partial charge in [0.05, 0.1) is 5.56 Å². The molecule has 0 heterocycles. The molecule has 3 N–H and O–H groups in total. The van der Waals surface area contributed by atoms with E-state index in [1.54, 1.807) is 0 Å². The lowest BCUT2D eigenvalue weighted by molar-refractivity contribution is 0.0909. The lowest BCUT2D eigenvalue weighted by Crippen LogP contribution is -2.50. The number of nitrogens with one attached hydrogen (secondary N) is 1. The summed E-state index contributed by atoms with van der Waals surface area (Å²) in [7, 11) is 0. The second-order valence-electron chi connectivity index (χ2n) is 4.39. The van der Waals surface area contributed by atoms with E-state index in [9.17, 15) is 4.79 Å². The maximum Gasteiger partial charge on any atom is 0.252 e. The summed E-state index contributed by atoms with van der Waals surface area (Å²) in [4.78, 5) is 11.9. The summed E-state index contributed by atoms with van der Waals surface area (Å²) in [5.41, 5.74) is 7.45. The average molecular weight is 283 g/mol. The van der Waals surface area contributed by atoms with Crippen LogP contribution in [0.25, 0.3) is 0 Å². The van der Waals surface area contributed by atoms with Crippen molar-refractivity contribution < 1.29 is 4.79 Å². The average Bonchev–Trinajstić information content (AvgIpc) is 2.19. The Balaban J connectivity index is 2.05. The van der Waals surface area contributed by atoms with Gasteiger partial charge in [-0.25, -0.2) is 0 Å². The number of aryl methyl sites for hydroxylation is 1. The SMILES string of the molecule is Cc1ccc(Br)c(C(=O)NC2CC(N)C2)c1. The highest BCUT2D eigenvalue weighted by atomic mass is 79.9. The Bertz CT molecular complexity index is 413. The first-order valence-corrected chi connectivity index (χ1v) is 6.18. The molecule has 1 aliphatic rings. The summed E-state index contributed by atoms with van der Waals surface area (Å²) >= 11 is 3.39. The molecule has 0 unspecified atom stereocenters. The smallest absolute Gasteiger partial charge is 0.252 e. The Kier molecular flexibility index (Phi) is 3.30. The third-order valence-corrected chi connectivity index (χ3v) is 3.57. The van der Waals surface area contributed by atoms with Crippen LogP contribution in [0.4, 0.5) is 0 Å². The van der Waals surface area contributed by atoms with Crippen molar-refractivity contribution in [2.24, 2.45) is 5.73 Å². The zero-order chi connectivity index (χ0) is 11.7. The van der Waals surface area contributed by atoms with E-state index in [1.165, 1.54) is 0 Å². The van der Waals surface area contributed by atoms with Crippen LogP contribution in [0.15, 0.2) is 22.7 Å². The van der Waals surface area contributed by atoms with E-state index in [0.717, 1.165) is 22.9 Å². The van der Waals surface area contributed by atoms with Crippen molar-refractivity contribution in [3.63, 3.8) is 0 Å². The van der Waals surface area contributed by atoms with Crippen LogP contribution in [0.5, 0.6) is 0 Å². The number of rotatable bonds is 2. The van der Waals surface area contributed by atoms with E-state index >= 15 is 0 Å². The van der Waals surface area contributed by atoms with Gasteiger partial charge in [-0.3, -0.25) is 4.79 Å². The molecule has 86 valence electrons. The number of halogens is 1. The van der Waals surface area contributed by atoms with Gasteiger partial charge in [0, 0.05) is 16.6 Å². The Morgan fingerprint density at radius 1 is 1.50 bits per heavy atom. The molecule has 0 radical (unpaired) electrons. The van der Waals surface area contributed by atoms with Crippen molar-refractivity contribution in [2.45, 2.75) is 31.8 Å². The predicted octanol–water partition coefficient (Wildman–Crippen LogP) is 1.98. The Labute approximate surface area is 104 Å². The minimum atomic E-state index is -0.0209. The molecular weight excluding hydrogens is 268 g/mol. The topological polar surface area (TPSA) is 55.1 Å². The van der Waals surface area contributed by atoms with Gasteiger partial charge >= 0.3 is 0 Å². The van der Waals surface area contributed by atoms with E-state index in [0.29, 0.717) is 5.56 Å². The molecule has 0 aromatic heterocycles. The van der Waals surface area contributed by atoms with Crippen LogP contribution in [0.2, 0.25) is 0 Å². The molecular formula is C12H15BrN2O. The van der Waals surface area contributed by atoms with Gasteiger partial charge in [-0.2, -0.15) is 0 Å². The lowest BCUT2D eigenvalue weighted by Gasteiger charge is -2.33. The van der Waals surface area contributed by atoms with Crippen LogP contribution in [0, 0.1) is 6.92 Å². The van der Waals surface area contributed by atoms with Crippen LogP contribution in [0.3, 0.4) is 0 Å². The van der Waals surface area contributed by atoms with Crippen molar-refractivity contribution in [3.8, 4) is 0 Å². The fourth-order valence-corrected chi connectivity index (χ4v) is 2.28. The summed E-state index contributed by atoms with van der Waals surface area (Å²) in [6, 6.07) is 6.26. The quantitative estimate of drug-likeness (QED) is 0.872. The number of hydrogen-bond acceptors (Lipinski definition) is 2. The molecule has 0 atom stereocenters. The highest BCUT2D eigenvalue weighted by Crippen LogP contribution is 2.21. The third-order valence-electron chi connectivity index (χ3n) is 2.88. The van der Waals surface area contributed by atoms with Crippen LogP contribution >= 0.6 is 15.9 Å². The van der Waals surface area contributed by atoms with E-state index in [2.05, 4.69) is 21.2 Å². The second-order valence-corrected chi connectivity index (χ2v) is 5.24. The van der Waals surface area contributed by atoms with E-state index in [-0.39, 0.29) is 18.0 Å². The molecule has 16 heavy (non-hydrogen) atoms. The normalized spacial score (nSPS) is 23.7. The molecule has 0 saturated heterocycles. The zero-order valence-electron chi connectivity index (χ0n) is 9.16. The minimum Gasteiger partial charge on any atom is -0.349 e. The van der Waals surface area contributed by atoms with Crippen LogP contribution in [0.1, 0.15) is 28.8 Å². The molecule has 1 aliphatic carbocycles. The number of nitrogens with two attached hydrogens (primary N) is 1. The first-order valence-electron chi connectivity index (χ1n) is 5.39. The number of hydrogen-bond donors (Lipinski definition) is 2. The molecule has 4 heteroatoms. The van der Waals surface area contributed by atoms with Gasteiger partial charge in [0.1, 0.15) is 0 Å². The summed E-state index contributed by atoms with van der Waals surface area (Å²) in [6.07, 6.45) is 1.77. The lowest BCUT2D eigenvalue weighted by atomic mass is 9.87. The van der Waals surface area contributed by atoms with E-state index in [1.807, 2.05) is 25.1 Å². The molecule has 1 aromatic rings. The number of carbonyl (C=O) groups excluding carboxylic acids is 1. The summed E-state index contributed by atoms with van der Waals surface area (Å²) in [5.74, 6) is -0.0209. The summed E-state index contributed by atoms with van der Waals surface area (Å²) in [6.45, 7) is 1.97. The van der Waals surface area contributed by atoms with Crippen molar-refractivity contribution in [1.82, 2.24) is 5.32 Å². The molecule has 0 bridgehead atoms. The molecule has 0 aliphatic heterocycles. The molecule has 1 amide bonds. The molecule has 0 spiro atoms. The highest BCUT2D eigenvalue weighted by molar-refractivity contribution is 9.10. The summed E-state index contributed by atoms with van der Waals surface area (Å²) in [5, 5.41) is 2.98. The predicted molar refractivity (Wildman–Crippen MR) is 67.3 cm³/mol. The van der Waals surface area contributed by atoms with Crippen LogP contribution < -0.4 is 11.1 Å². The highest BCUT2D eigenvalue weighted by Gasteiger charge is 2.27. The third kappa shape index (κ3) is 2.44. The molecule has 1 fully saturated rings. The number of carbonyl (C=O) groups is 1. The van der Waals surface area contributed by atoms with Crippen molar-refractivity contribution in [2.75, 3.05) is 0 Å². The van der Waals surface area contributed by atoms with Crippen LogP contribution in [-0.2, 0) is 0 Å². The van der Waals surface area contributed by atoms with Crippen molar-refractivity contribution >= 4 is 21.8 Å². The molecule has 2 rings (SSSR count). The molecule has 1 aromatic carbocycles. The van der Waals surface area contributed by atoms with Gasteiger partial charge in [0.2, 0.25) is 0 Å². The van der Waals surface area contributed by atoms with Crippen molar-refractivity contribution in [1.29, 1.82) is 0 Å². The second kappa shape index (κ2) is 4.55. The maximum absolute atomic E-state index is 11.9. The fourth-order valence-electron chi connectivity index (χ4n) is 1.86. The minimum absolute atomic E-state index is 0.0209. The van der Waals surface area contributed by atoms with Gasteiger partial charge < -0.3 is 11.1 Å². The van der Waals surface area contributed by atoms with Gasteiger partial charge in [-0.05, 0) is 47.8 Å². The Morgan fingerprint density at radius 3 is 2.81 bits per heavy atom. The van der Waals surface area contributed by atoms with Gasteiger partial charge in [0.15, 0.2) is 0 Å². The van der Waals surface area contributed by atoms with Gasteiger partial charge in [-0.15, -0.1) is 0 Å². The number of benzene rings is 1. The monoisotopic (exact) mass is 282 g/mol. The first-order chi connectivity index (χ1) is 7.56.